The summed E-state index contributed by atoms with van der Waals surface area (Å²) in [6.07, 6.45) is 0.0417. The zero-order valence-corrected chi connectivity index (χ0v) is 19.0. The maximum Gasteiger partial charge on any atom is 0.415 e. The number of ether oxygens (including phenoxy) is 3. The number of hydrogen-bond donors (Lipinski definition) is 1. The van der Waals surface area contributed by atoms with Gasteiger partial charge in [0.25, 0.3) is 5.22 Å². The summed E-state index contributed by atoms with van der Waals surface area (Å²) in [5.74, 6) is 1.42. The van der Waals surface area contributed by atoms with Crippen molar-refractivity contribution in [3.8, 4) is 17.6 Å². The third-order valence-electron chi connectivity index (χ3n) is 4.15. The van der Waals surface area contributed by atoms with Gasteiger partial charge in [-0.15, -0.1) is 0 Å². The van der Waals surface area contributed by atoms with Crippen molar-refractivity contribution >= 4 is 44.4 Å². The van der Waals surface area contributed by atoms with E-state index in [2.05, 4.69) is 20.5 Å². The Bertz CT molecular complexity index is 1190. The number of carbonyl (C=O) groups excluding carboxylic acids is 1. The maximum absolute atomic E-state index is 12.3. The van der Waals surface area contributed by atoms with Gasteiger partial charge in [-0.05, 0) is 42.8 Å². The van der Waals surface area contributed by atoms with Crippen LogP contribution in [0.2, 0.25) is 0 Å². The minimum Gasteiger partial charge on any atom is -0.497 e. The number of thiazole rings is 1. The largest absolute Gasteiger partial charge is 0.497 e. The van der Waals surface area contributed by atoms with Crippen LogP contribution in [0.3, 0.4) is 0 Å². The van der Waals surface area contributed by atoms with E-state index in [1.807, 2.05) is 49.4 Å². The van der Waals surface area contributed by atoms with Crippen LogP contribution in [0.4, 0.5) is 5.13 Å². The van der Waals surface area contributed by atoms with Crippen LogP contribution >= 0.6 is 23.1 Å². The summed E-state index contributed by atoms with van der Waals surface area (Å²) in [7, 11) is 1.61. The number of fused-ring (bicyclic) bond motifs is 1. The van der Waals surface area contributed by atoms with E-state index in [1.165, 1.54) is 11.3 Å². The van der Waals surface area contributed by atoms with Crippen molar-refractivity contribution in [3.05, 3.63) is 48.0 Å². The lowest BCUT2D eigenvalue weighted by Crippen LogP contribution is -2.13. The van der Waals surface area contributed by atoms with Crippen LogP contribution in [0, 0.1) is 0 Å². The summed E-state index contributed by atoms with van der Waals surface area (Å²) < 4.78 is 22.5. The first-order valence-electron chi connectivity index (χ1n) is 9.68. The molecule has 0 aliphatic carbocycles. The Morgan fingerprint density at radius 2 is 1.94 bits per heavy atom. The van der Waals surface area contributed by atoms with Crippen molar-refractivity contribution < 1.29 is 23.4 Å². The van der Waals surface area contributed by atoms with Crippen LogP contribution in [-0.2, 0) is 11.4 Å². The van der Waals surface area contributed by atoms with Gasteiger partial charge in [0.1, 0.15) is 18.1 Å². The highest BCUT2D eigenvalue weighted by Gasteiger charge is 2.13. The van der Waals surface area contributed by atoms with Gasteiger partial charge in [-0.3, -0.25) is 4.79 Å². The zero-order valence-electron chi connectivity index (χ0n) is 17.4. The zero-order chi connectivity index (χ0) is 22.3. The number of nitrogens with zero attached hydrogens (tertiary/aromatic N) is 3. The molecule has 0 fully saturated rings. The normalized spacial score (nSPS) is 10.8. The van der Waals surface area contributed by atoms with Crippen LogP contribution in [0.25, 0.3) is 10.2 Å². The number of methoxy groups -OCH3 is 1. The summed E-state index contributed by atoms with van der Waals surface area (Å²) in [5, 5.41) is 11.3. The van der Waals surface area contributed by atoms with E-state index >= 15 is 0 Å². The summed E-state index contributed by atoms with van der Waals surface area (Å²) in [4.78, 5) is 16.7. The van der Waals surface area contributed by atoms with Gasteiger partial charge in [-0.1, -0.05) is 45.4 Å². The Labute approximate surface area is 192 Å². The number of nitrogens with one attached hydrogen (secondary N) is 1. The SMILES string of the molecule is CCOc1ccc2nc(NC(=O)CSc3nnc(OCc4ccc(OC)cc4)o3)sc2c1. The summed E-state index contributed by atoms with van der Waals surface area (Å²) in [6.45, 7) is 2.80. The van der Waals surface area contributed by atoms with Gasteiger partial charge in [0.05, 0.1) is 29.7 Å². The molecule has 4 aromatic rings. The Morgan fingerprint density at radius 3 is 2.72 bits per heavy atom. The number of carbonyl (C=O) groups is 1. The molecule has 0 bridgehead atoms. The van der Waals surface area contributed by atoms with E-state index in [1.54, 1.807) is 7.11 Å². The second kappa shape index (κ2) is 10.3. The monoisotopic (exact) mass is 472 g/mol. The van der Waals surface area contributed by atoms with E-state index in [0.717, 1.165) is 39.0 Å². The van der Waals surface area contributed by atoms with E-state index < -0.39 is 0 Å². The number of amides is 1. The standard InChI is InChI=1S/C21H20N4O5S2/c1-3-28-15-8-9-16-17(10-15)32-19(22-16)23-18(26)12-31-21-25-24-20(30-21)29-11-13-4-6-14(27-2)7-5-13/h4-10H,3,11-12H2,1-2H3,(H,22,23,26). The lowest BCUT2D eigenvalue weighted by atomic mass is 10.2. The molecule has 0 saturated heterocycles. The molecule has 9 nitrogen and oxygen atoms in total. The molecular weight excluding hydrogens is 452 g/mol. The smallest absolute Gasteiger partial charge is 0.415 e. The Morgan fingerprint density at radius 1 is 1.12 bits per heavy atom. The van der Waals surface area contributed by atoms with Crippen molar-refractivity contribution in [1.82, 2.24) is 15.2 Å². The number of benzene rings is 2. The molecule has 0 spiro atoms. The van der Waals surface area contributed by atoms with Gasteiger partial charge < -0.3 is 23.9 Å². The van der Waals surface area contributed by atoms with Gasteiger partial charge in [0.2, 0.25) is 5.91 Å². The Kier molecular flexibility index (Phi) is 7.07. The van der Waals surface area contributed by atoms with E-state index in [9.17, 15) is 4.79 Å². The third kappa shape index (κ3) is 5.68. The van der Waals surface area contributed by atoms with Gasteiger partial charge in [0.15, 0.2) is 5.13 Å². The molecule has 2 heterocycles. The van der Waals surface area contributed by atoms with Crippen molar-refractivity contribution in [1.29, 1.82) is 0 Å². The first kappa shape index (κ1) is 21.9. The molecule has 0 aliphatic heterocycles. The first-order valence-corrected chi connectivity index (χ1v) is 11.5. The number of aromatic nitrogens is 3. The van der Waals surface area contributed by atoms with Crippen LogP contribution in [0.1, 0.15) is 12.5 Å². The summed E-state index contributed by atoms with van der Waals surface area (Å²) in [6, 6.07) is 13.1. The fourth-order valence-electron chi connectivity index (χ4n) is 2.68. The van der Waals surface area contributed by atoms with Crippen molar-refractivity contribution in [2.24, 2.45) is 0 Å². The quantitative estimate of drug-likeness (QED) is 0.336. The minimum atomic E-state index is -0.224. The van der Waals surface area contributed by atoms with Gasteiger partial charge in [-0.25, -0.2) is 4.98 Å². The molecular formula is C21H20N4O5S2. The molecule has 2 aromatic heterocycles. The average molecular weight is 473 g/mol. The lowest BCUT2D eigenvalue weighted by Gasteiger charge is -2.03. The molecule has 166 valence electrons. The van der Waals surface area contributed by atoms with Crippen LogP contribution < -0.4 is 19.5 Å². The Hall–Kier alpha value is -3.31. The molecule has 1 N–H and O–H groups in total. The highest BCUT2D eigenvalue weighted by molar-refractivity contribution is 7.99. The molecule has 2 aromatic carbocycles. The lowest BCUT2D eigenvalue weighted by molar-refractivity contribution is -0.113. The molecule has 4 rings (SSSR count). The maximum atomic E-state index is 12.3. The predicted octanol–water partition coefficient (Wildman–Crippen LogP) is 4.40. The number of rotatable bonds is 10. The van der Waals surface area contributed by atoms with Gasteiger partial charge >= 0.3 is 6.08 Å². The molecule has 1 amide bonds. The second-order valence-electron chi connectivity index (χ2n) is 6.39. The summed E-state index contributed by atoms with van der Waals surface area (Å²) in [5.41, 5.74) is 1.73. The molecule has 0 radical (unpaired) electrons. The highest BCUT2D eigenvalue weighted by atomic mass is 32.2. The molecule has 0 unspecified atom stereocenters. The minimum absolute atomic E-state index is 0.0417. The van der Waals surface area contributed by atoms with E-state index in [0.29, 0.717) is 11.7 Å². The van der Waals surface area contributed by atoms with Crippen molar-refractivity contribution in [3.63, 3.8) is 0 Å². The Balaban J connectivity index is 1.26. The first-order chi connectivity index (χ1) is 15.6. The summed E-state index contributed by atoms with van der Waals surface area (Å²) >= 11 is 2.51. The van der Waals surface area contributed by atoms with Crippen molar-refractivity contribution in [2.75, 3.05) is 24.8 Å². The second-order valence-corrected chi connectivity index (χ2v) is 8.35. The highest BCUT2D eigenvalue weighted by Crippen LogP contribution is 2.29. The number of thioether (sulfide) groups is 1. The van der Waals surface area contributed by atoms with E-state index in [-0.39, 0.29) is 29.6 Å². The van der Waals surface area contributed by atoms with Gasteiger partial charge in [-0.2, -0.15) is 0 Å². The predicted molar refractivity (Wildman–Crippen MR) is 122 cm³/mol. The fourth-order valence-corrected chi connectivity index (χ4v) is 4.14. The molecule has 0 atom stereocenters. The molecule has 11 heteroatoms. The average Bonchev–Trinajstić information content (AvgIpc) is 3.42. The van der Waals surface area contributed by atoms with Crippen LogP contribution in [0.15, 0.2) is 52.1 Å². The molecule has 0 saturated carbocycles. The van der Waals surface area contributed by atoms with Crippen LogP contribution in [-0.4, -0.2) is 40.6 Å². The van der Waals surface area contributed by atoms with Crippen LogP contribution in [0.5, 0.6) is 17.6 Å². The third-order valence-corrected chi connectivity index (χ3v) is 5.91. The van der Waals surface area contributed by atoms with E-state index in [4.69, 9.17) is 18.6 Å². The fraction of sp³-hybridized carbons (Fsp3) is 0.238. The molecule has 0 aliphatic rings. The van der Waals surface area contributed by atoms with Gasteiger partial charge in [0, 0.05) is 0 Å². The van der Waals surface area contributed by atoms with Crippen molar-refractivity contribution in [2.45, 2.75) is 18.8 Å². The topological polar surface area (TPSA) is 109 Å². The number of anilines is 1. The molecule has 32 heavy (non-hydrogen) atoms. The number of hydrogen-bond acceptors (Lipinski definition) is 10.